The van der Waals surface area contributed by atoms with Crippen LogP contribution in [0.25, 0.3) is 11.2 Å². The molecule has 0 aliphatic rings. The second kappa shape index (κ2) is 8.23. The zero-order chi connectivity index (χ0) is 22.1. The van der Waals surface area contributed by atoms with Crippen molar-refractivity contribution in [1.82, 2.24) is 28.2 Å². The summed E-state index contributed by atoms with van der Waals surface area (Å²) < 4.78 is 5.69. The van der Waals surface area contributed by atoms with Gasteiger partial charge in [-0.2, -0.15) is 0 Å². The van der Waals surface area contributed by atoms with E-state index in [1.807, 2.05) is 24.3 Å². The van der Waals surface area contributed by atoms with E-state index in [0.29, 0.717) is 17.5 Å². The fraction of sp³-hybridized carbons (Fsp3) is 0.250. The van der Waals surface area contributed by atoms with E-state index in [1.165, 1.54) is 17.9 Å². The number of nitrogens with zero attached hydrogens (tertiary/aromatic N) is 6. The first-order chi connectivity index (χ1) is 14.9. The van der Waals surface area contributed by atoms with Crippen LogP contribution in [0.15, 0.2) is 52.6 Å². The second-order valence-electron chi connectivity index (χ2n) is 7.08. The number of imidazole rings is 2. The van der Waals surface area contributed by atoms with Crippen LogP contribution in [-0.2, 0) is 32.0 Å². The molecule has 0 atom stereocenters. The number of halogens is 1. The molecular weight excluding hydrogens is 422 g/mol. The maximum atomic E-state index is 12.5. The fourth-order valence-electron chi connectivity index (χ4n) is 3.35. The van der Waals surface area contributed by atoms with Gasteiger partial charge in [0.15, 0.2) is 11.2 Å². The second-order valence-corrected chi connectivity index (χ2v) is 7.49. The van der Waals surface area contributed by atoms with Gasteiger partial charge in [-0.25, -0.2) is 14.8 Å². The Labute approximate surface area is 181 Å². The van der Waals surface area contributed by atoms with Crippen LogP contribution in [0.2, 0.25) is 5.02 Å². The number of carbonyl (C=O) groups is 1. The minimum atomic E-state index is -0.453. The smallest absolute Gasteiger partial charge is 0.324 e. The molecular formula is C20H20ClN7O3. The largest absolute Gasteiger partial charge is 0.332 e. The van der Waals surface area contributed by atoms with Crippen LogP contribution in [0.1, 0.15) is 12.0 Å². The van der Waals surface area contributed by atoms with Crippen molar-refractivity contribution in [3.63, 3.8) is 0 Å². The van der Waals surface area contributed by atoms with E-state index in [-0.39, 0.29) is 30.0 Å². The van der Waals surface area contributed by atoms with Gasteiger partial charge in [0.1, 0.15) is 0 Å². The number of rotatable bonds is 6. The summed E-state index contributed by atoms with van der Waals surface area (Å²) in [5.74, 6) is 0.133. The summed E-state index contributed by atoms with van der Waals surface area (Å²) in [6, 6.07) is 7.47. The SMILES string of the molecule is Cn1c(=O)c2c(ncn2CCC(=O)Nc2nccn2Cc2ccccc2Cl)n(C)c1=O. The lowest BCUT2D eigenvalue weighted by Gasteiger charge is -2.11. The molecule has 31 heavy (non-hydrogen) atoms. The van der Waals surface area contributed by atoms with Crippen molar-refractivity contribution in [1.29, 1.82) is 0 Å². The van der Waals surface area contributed by atoms with Gasteiger partial charge in [-0.15, -0.1) is 0 Å². The van der Waals surface area contributed by atoms with Crippen molar-refractivity contribution in [3.05, 3.63) is 74.4 Å². The predicted molar refractivity (Wildman–Crippen MR) is 116 cm³/mol. The molecule has 1 N–H and O–H groups in total. The summed E-state index contributed by atoms with van der Waals surface area (Å²) in [5.41, 5.74) is 0.558. The molecule has 160 valence electrons. The monoisotopic (exact) mass is 441 g/mol. The highest BCUT2D eigenvalue weighted by molar-refractivity contribution is 6.31. The quantitative estimate of drug-likeness (QED) is 0.486. The van der Waals surface area contributed by atoms with E-state index in [0.717, 1.165) is 10.1 Å². The molecule has 3 heterocycles. The zero-order valence-corrected chi connectivity index (χ0v) is 17.7. The average Bonchev–Trinajstić information content (AvgIpc) is 3.38. The minimum absolute atomic E-state index is 0.0937. The molecule has 0 radical (unpaired) electrons. The number of aromatic nitrogens is 6. The highest BCUT2D eigenvalue weighted by Crippen LogP contribution is 2.18. The van der Waals surface area contributed by atoms with Crippen LogP contribution < -0.4 is 16.6 Å². The Bertz CT molecular complexity index is 1400. The zero-order valence-electron chi connectivity index (χ0n) is 16.9. The molecule has 0 saturated carbocycles. The van der Waals surface area contributed by atoms with Crippen LogP contribution in [-0.4, -0.2) is 34.1 Å². The van der Waals surface area contributed by atoms with Crippen molar-refractivity contribution in [2.75, 3.05) is 5.32 Å². The maximum Gasteiger partial charge on any atom is 0.332 e. The molecule has 4 rings (SSSR count). The molecule has 0 saturated heterocycles. The highest BCUT2D eigenvalue weighted by Gasteiger charge is 2.15. The number of amides is 1. The number of hydrogen-bond acceptors (Lipinski definition) is 5. The van der Waals surface area contributed by atoms with E-state index in [2.05, 4.69) is 15.3 Å². The van der Waals surface area contributed by atoms with E-state index in [4.69, 9.17) is 11.6 Å². The van der Waals surface area contributed by atoms with Gasteiger partial charge in [0, 0.05) is 44.5 Å². The first kappa shape index (κ1) is 20.6. The lowest BCUT2D eigenvalue weighted by Crippen LogP contribution is -2.37. The minimum Gasteiger partial charge on any atom is -0.324 e. The average molecular weight is 442 g/mol. The lowest BCUT2D eigenvalue weighted by molar-refractivity contribution is -0.116. The van der Waals surface area contributed by atoms with Gasteiger partial charge in [-0.05, 0) is 11.6 Å². The molecule has 1 amide bonds. The standard InChI is InChI=1S/C20H20ClN7O3/c1-25-17-16(18(30)26(2)20(25)31)28(12-23-17)9-7-15(29)24-19-22-8-10-27(19)11-13-5-3-4-6-14(13)21/h3-6,8,10,12H,7,9,11H2,1-2H3,(H,22,24,29). The summed E-state index contributed by atoms with van der Waals surface area (Å²) in [6.07, 6.45) is 4.90. The van der Waals surface area contributed by atoms with Gasteiger partial charge in [0.25, 0.3) is 5.56 Å². The molecule has 0 aliphatic heterocycles. The summed E-state index contributed by atoms with van der Waals surface area (Å²) in [5, 5.41) is 3.42. The number of carbonyl (C=O) groups excluding carboxylic acids is 1. The third-order valence-corrected chi connectivity index (χ3v) is 5.43. The van der Waals surface area contributed by atoms with Gasteiger partial charge in [-0.1, -0.05) is 29.8 Å². The van der Waals surface area contributed by atoms with Crippen LogP contribution >= 0.6 is 11.6 Å². The fourth-order valence-corrected chi connectivity index (χ4v) is 3.54. The van der Waals surface area contributed by atoms with Gasteiger partial charge in [0.05, 0.1) is 12.9 Å². The third kappa shape index (κ3) is 3.89. The molecule has 1 aromatic carbocycles. The van der Waals surface area contributed by atoms with Crippen molar-refractivity contribution >= 4 is 34.6 Å². The number of nitrogens with one attached hydrogen (secondary N) is 1. The van der Waals surface area contributed by atoms with Crippen LogP contribution in [0.5, 0.6) is 0 Å². The number of fused-ring (bicyclic) bond motifs is 1. The number of aryl methyl sites for hydroxylation is 2. The number of anilines is 1. The van der Waals surface area contributed by atoms with E-state index in [9.17, 15) is 14.4 Å². The molecule has 0 unspecified atom stereocenters. The van der Waals surface area contributed by atoms with Crippen LogP contribution in [0.4, 0.5) is 5.95 Å². The van der Waals surface area contributed by atoms with Crippen molar-refractivity contribution in [3.8, 4) is 0 Å². The summed E-state index contributed by atoms with van der Waals surface area (Å²) in [4.78, 5) is 45.4. The molecule has 0 fully saturated rings. The van der Waals surface area contributed by atoms with Crippen LogP contribution in [0, 0.1) is 0 Å². The van der Waals surface area contributed by atoms with Gasteiger partial charge in [0.2, 0.25) is 11.9 Å². The summed E-state index contributed by atoms with van der Waals surface area (Å²) >= 11 is 6.22. The molecule has 3 aromatic heterocycles. The maximum absolute atomic E-state index is 12.5. The normalized spacial score (nSPS) is 11.2. The van der Waals surface area contributed by atoms with Crippen molar-refractivity contribution in [2.24, 2.45) is 14.1 Å². The Balaban J connectivity index is 1.48. The first-order valence-electron chi connectivity index (χ1n) is 9.52. The first-order valence-corrected chi connectivity index (χ1v) is 9.90. The van der Waals surface area contributed by atoms with E-state index >= 15 is 0 Å². The molecule has 0 spiro atoms. The number of benzene rings is 1. The lowest BCUT2D eigenvalue weighted by atomic mass is 10.2. The predicted octanol–water partition coefficient (Wildman–Crippen LogP) is 1.36. The highest BCUT2D eigenvalue weighted by atomic mass is 35.5. The van der Waals surface area contributed by atoms with Gasteiger partial charge >= 0.3 is 5.69 Å². The summed E-state index contributed by atoms with van der Waals surface area (Å²) in [7, 11) is 2.96. The topological polar surface area (TPSA) is 109 Å². The Morgan fingerprint density at radius 3 is 2.65 bits per heavy atom. The Kier molecular flexibility index (Phi) is 5.47. The molecule has 4 aromatic rings. The Morgan fingerprint density at radius 2 is 1.87 bits per heavy atom. The molecule has 10 nitrogen and oxygen atoms in total. The number of hydrogen-bond donors (Lipinski definition) is 1. The summed E-state index contributed by atoms with van der Waals surface area (Å²) in [6.45, 7) is 0.687. The third-order valence-electron chi connectivity index (χ3n) is 5.06. The van der Waals surface area contributed by atoms with E-state index < -0.39 is 11.2 Å². The van der Waals surface area contributed by atoms with Gasteiger partial charge in [-0.3, -0.25) is 24.0 Å². The van der Waals surface area contributed by atoms with Gasteiger partial charge < -0.3 is 9.13 Å². The van der Waals surface area contributed by atoms with Crippen LogP contribution in [0.3, 0.4) is 0 Å². The van der Waals surface area contributed by atoms with Crippen molar-refractivity contribution < 1.29 is 4.79 Å². The van der Waals surface area contributed by atoms with Crippen molar-refractivity contribution in [2.45, 2.75) is 19.5 Å². The van der Waals surface area contributed by atoms with E-state index in [1.54, 1.807) is 28.6 Å². The molecule has 0 bridgehead atoms. The Hall–Kier alpha value is -3.66. The Morgan fingerprint density at radius 1 is 1.10 bits per heavy atom. The molecule has 11 heteroatoms. The molecule has 0 aliphatic carbocycles.